The molecule has 1 rings (SSSR count). The molecule has 1 aromatic rings. The average molecular weight is 242 g/mol. The predicted octanol–water partition coefficient (Wildman–Crippen LogP) is 3.13. The highest BCUT2D eigenvalue weighted by atomic mass is 79.9. The Balaban J connectivity index is 3.06. The summed E-state index contributed by atoms with van der Waals surface area (Å²) in [5.74, 6) is 0. The second-order valence-corrected chi connectivity index (χ2v) is 3.13. The number of alkyl halides is 3. The Hall–Kier alpha value is -0.220. The molecule has 0 fully saturated rings. The van der Waals surface area contributed by atoms with E-state index in [1.807, 2.05) is 0 Å². The van der Waals surface area contributed by atoms with E-state index in [0.29, 0.717) is 4.60 Å². The van der Waals surface area contributed by atoms with Gasteiger partial charge in [0.05, 0.1) is 0 Å². The minimum absolute atomic E-state index is 0.343. The summed E-state index contributed by atoms with van der Waals surface area (Å²) < 4.78 is 25.0. The van der Waals surface area contributed by atoms with Gasteiger partial charge in [-0.1, -0.05) is 6.07 Å². The summed E-state index contributed by atoms with van der Waals surface area (Å²) in [6, 6.07) is 4.16. The van der Waals surface area contributed by atoms with Crippen molar-refractivity contribution in [3.05, 3.63) is 28.5 Å². The number of aromatic nitrogens is 1. The molecule has 60 valence electrons. The van der Waals surface area contributed by atoms with Crippen LogP contribution in [0.3, 0.4) is 0 Å². The van der Waals surface area contributed by atoms with Crippen LogP contribution in [0, 0.1) is 0 Å². The topological polar surface area (TPSA) is 12.9 Å². The van der Waals surface area contributed by atoms with Gasteiger partial charge in [-0.15, -0.1) is 0 Å². The predicted molar refractivity (Wildman–Crippen MR) is 41.7 cm³/mol. The maximum atomic E-state index is 12.3. The van der Waals surface area contributed by atoms with Crippen molar-refractivity contribution in [1.82, 2.24) is 4.98 Å². The van der Waals surface area contributed by atoms with Crippen molar-refractivity contribution in [2.75, 3.05) is 0 Å². The third kappa shape index (κ3) is 2.38. The normalized spacial score (nSPS) is 11.6. The fourth-order valence-electron chi connectivity index (χ4n) is 0.566. The van der Waals surface area contributed by atoms with Gasteiger partial charge in [0.1, 0.15) is 10.3 Å². The Kier molecular flexibility index (Phi) is 2.44. The van der Waals surface area contributed by atoms with Gasteiger partial charge in [-0.05, 0) is 39.7 Å². The summed E-state index contributed by atoms with van der Waals surface area (Å²) in [5.41, 5.74) is -0.450. The SMILES string of the molecule is FC(F)(Cl)c1cccc(Br)n1. The minimum atomic E-state index is -3.39. The molecule has 0 aliphatic rings. The average Bonchev–Trinajstić information content (AvgIpc) is 1.86. The van der Waals surface area contributed by atoms with Crippen molar-refractivity contribution in [1.29, 1.82) is 0 Å². The first-order valence-corrected chi connectivity index (χ1v) is 3.87. The standard InChI is InChI=1S/C6H3BrClF2N/c7-5-3-1-2-4(11-5)6(8,9)10/h1-3H. The maximum absolute atomic E-state index is 12.3. The summed E-state index contributed by atoms with van der Waals surface area (Å²) in [6.07, 6.45) is 0. The van der Waals surface area contributed by atoms with Crippen LogP contribution < -0.4 is 0 Å². The lowest BCUT2D eigenvalue weighted by Gasteiger charge is -2.05. The molecule has 0 amide bonds. The number of halogens is 4. The molecule has 0 radical (unpaired) electrons. The molecule has 0 aliphatic heterocycles. The van der Waals surface area contributed by atoms with Crippen molar-refractivity contribution in [2.45, 2.75) is 5.38 Å². The van der Waals surface area contributed by atoms with Crippen LogP contribution in [0.15, 0.2) is 22.8 Å². The molecule has 0 aliphatic carbocycles. The number of nitrogens with zero attached hydrogens (tertiary/aromatic N) is 1. The van der Waals surface area contributed by atoms with Gasteiger partial charge in [-0.3, -0.25) is 0 Å². The first kappa shape index (κ1) is 8.87. The van der Waals surface area contributed by atoms with Gasteiger partial charge in [0.2, 0.25) is 0 Å². The lowest BCUT2D eigenvalue weighted by atomic mass is 10.4. The molecular formula is C6H3BrClF2N. The largest absolute Gasteiger partial charge is 0.364 e. The van der Waals surface area contributed by atoms with Crippen LogP contribution in [0.4, 0.5) is 8.78 Å². The van der Waals surface area contributed by atoms with E-state index in [0.717, 1.165) is 6.07 Å². The van der Waals surface area contributed by atoms with Gasteiger partial charge in [-0.25, -0.2) is 4.98 Å². The first-order chi connectivity index (χ1) is 5.00. The molecule has 0 aromatic carbocycles. The lowest BCUT2D eigenvalue weighted by molar-refractivity contribution is 0.0898. The summed E-state index contributed by atoms with van der Waals surface area (Å²) in [4.78, 5) is 3.48. The van der Waals surface area contributed by atoms with E-state index in [9.17, 15) is 8.78 Å². The highest BCUT2D eigenvalue weighted by Crippen LogP contribution is 2.31. The van der Waals surface area contributed by atoms with Crippen LogP contribution >= 0.6 is 27.5 Å². The lowest BCUT2D eigenvalue weighted by Crippen LogP contribution is -2.05. The molecule has 1 aromatic heterocycles. The van der Waals surface area contributed by atoms with Gasteiger partial charge in [0.15, 0.2) is 0 Å². The smallest absolute Gasteiger partial charge is 0.238 e. The highest BCUT2D eigenvalue weighted by molar-refractivity contribution is 9.10. The van der Waals surface area contributed by atoms with E-state index in [1.54, 1.807) is 6.07 Å². The van der Waals surface area contributed by atoms with Gasteiger partial charge in [0, 0.05) is 0 Å². The fourth-order valence-corrected chi connectivity index (χ4v) is 1.02. The Labute approximate surface area is 75.5 Å². The highest BCUT2D eigenvalue weighted by Gasteiger charge is 2.29. The molecule has 0 spiro atoms. The fraction of sp³-hybridized carbons (Fsp3) is 0.167. The summed E-state index contributed by atoms with van der Waals surface area (Å²) in [5, 5.41) is -3.39. The van der Waals surface area contributed by atoms with Gasteiger partial charge >= 0.3 is 5.38 Å². The van der Waals surface area contributed by atoms with Crippen molar-refractivity contribution in [2.24, 2.45) is 0 Å². The third-order valence-electron chi connectivity index (χ3n) is 1.01. The summed E-state index contributed by atoms with van der Waals surface area (Å²) in [7, 11) is 0. The van der Waals surface area contributed by atoms with E-state index in [-0.39, 0.29) is 0 Å². The molecule has 0 saturated carbocycles. The molecule has 11 heavy (non-hydrogen) atoms. The van der Waals surface area contributed by atoms with E-state index in [2.05, 4.69) is 20.9 Å². The minimum Gasteiger partial charge on any atom is -0.238 e. The monoisotopic (exact) mass is 241 g/mol. The summed E-state index contributed by atoms with van der Waals surface area (Å²) >= 11 is 7.67. The quantitative estimate of drug-likeness (QED) is 0.544. The van der Waals surface area contributed by atoms with Gasteiger partial charge in [0.25, 0.3) is 0 Å². The molecule has 0 bridgehead atoms. The van der Waals surface area contributed by atoms with Crippen molar-refractivity contribution in [3.63, 3.8) is 0 Å². The number of hydrogen-bond acceptors (Lipinski definition) is 1. The van der Waals surface area contributed by atoms with Crippen LogP contribution in [-0.4, -0.2) is 4.98 Å². The van der Waals surface area contributed by atoms with E-state index >= 15 is 0 Å². The molecule has 0 N–H and O–H groups in total. The molecule has 0 atom stereocenters. The number of rotatable bonds is 1. The van der Waals surface area contributed by atoms with Crippen LogP contribution in [0.1, 0.15) is 5.69 Å². The van der Waals surface area contributed by atoms with Crippen molar-refractivity contribution < 1.29 is 8.78 Å². The van der Waals surface area contributed by atoms with Gasteiger partial charge < -0.3 is 0 Å². The van der Waals surface area contributed by atoms with E-state index in [1.165, 1.54) is 6.07 Å². The second-order valence-electron chi connectivity index (χ2n) is 1.84. The van der Waals surface area contributed by atoms with Crippen LogP contribution in [0.25, 0.3) is 0 Å². The summed E-state index contributed by atoms with van der Waals surface area (Å²) in [6.45, 7) is 0. The molecule has 0 unspecified atom stereocenters. The van der Waals surface area contributed by atoms with E-state index < -0.39 is 11.1 Å². The Morgan fingerprint density at radius 2 is 2.09 bits per heavy atom. The Morgan fingerprint density at radius 1 is 1.45 bits per heavy atom. The molecular weight excluding hydrogens is 239 g/mol. The molecule has 1 heterocycles. The number of hydrogen-bond donors (Lipinski definition) is 0. The van der Waals surface area contributed by atoms with Crippen molar-refractivity contribution >= 4 is 27.5 Å². The molecule has 0 saturated heterocycles. The Bertz CT molecular complexity index is 261. The second kappa shape index (κ2) is 3.03. The van der Waals surface area contributed by atoms with Crippen LogP contribution in [0.5, 0.6) is 0 Å². The van der Waals surface area contributed by atoms with Crippen molar-refractivity contribution in [3.8, 4) is 0 Å². The zero-order valence-electron chi connectivity index (χ0n) is 5.19. The van der Waals surface area contributed by atoms with Gasteiger partial charge in [-0.2, -0.15) is 8.78 Å². The first-order valence-electron chi connectivity index (χ1n) is 2.70. The molecule has 1 nitrogen and oxygen atoms in total. The molecule has 5 heteroatoms. The van der Waals surface area contributed by atoms with Crippen LogP contribution in [0.2, 0.25) is 0 Å². The Morgan fingerprint density at radius 3 is 2.45 bits per heavy atom. The third-order valence-corrected chi connectivity index (χ3v) is 1.64. The van der Waals surface area contributed by atoms with E-state index in [4.69, 9.17) is 11.6 Å². The van der Waals surface area contributed by atoms with Crippen LogP contribution in [-0.2, 0) is 5.38 Å². The zero-order chi connectivity index (χ0) is 8.48. The maximum Gasteiger partial charge on any atom is 0.364 e. The number of pyridine rings is 1. The zero-order valence-corrected chi connectivity index (χ0v) is 7.53.